The van der Waals surface area contributed by atoms with Crippen LogP contribution in [0.1, 0.15) is 42.4 Å². The predicted octanol–water partition coefficient (Wildman–Crippen LogP) is 4.62. The summed E-state index contributed by atoms with van der Waals surface area (Å²) in [5.74, 6) is 5.83. The Morgan fingerprint density at radius 1 is 1.04 bits per heavy atom. The van der Waals surface area contributed by atoms with E-state index in [-0.39, 0.29) is 5.69 Å². The lowest BCUT2D eigenvalue weighted by atomic mass is 10.0. The molecule has 0 amide bonds. The molecule has 0 unspecified atom stereocenters. The van der Waals surface area contributed by atoms with E-state index in [0.717, 1.165) is 37.1 Å². The van der Waals surface area contributed by atoms with Crippen LogP contribution in [-0.2, 0) is 6.18 Å². The van der Waals surface area contributed by atoms with Gasteiger partial charge in [-0.1, -0.05) is 24.0 Å². The average Bonchev–Trinajstić information content (AvgIpc) is 3.07. The molecule has 0 aromatic heterocycles. The van der Waals surface area contributed by atoms with Crippen molar-refractivity contribution in [3.05, 3.63) is 70.4 Å². The smallest absolute Gasteiger partial charge is 0.416 e. The van der Waals surface area contributed by atoms with E-state index in [1.807, 2.05) is 0 Å². The zero-order valence-corrected chi connectivity index (χ0v) is 14.5. The number of nitrogens with zero attached hydrogens (tertiary/aromatic N) is 1. The first kappa shape index (κ1) is 19.0. The van der Waals surface area contributed by atoms with Crippen LogP contribution < -0.4 is 0 Å². The van der Waals surface area contributed by atoms with Gasteiger partial charge in [0.05, 0.1) is 11.1 Å². The fourth-order valence-electron chi connectivity index (χ4n) is 2.99. The minimum Gasteiger partial charge on any atom is -0.618 e. The Labute approximate surface area is 155 Å². The molecule has 1 aliphatic carbocycles. The van der Waals surface area contributed by atoms with Gasteiger partial charge in [0.1, 0.15) is 5.60 Å². The lowest BCUT2D eigenvalue weighted by molar-refractivity contribution is -0.354. The Morgan fingerprint density at radius 2 is 1.67 bits per heavy atom. The molecule has 0 bridgehead atoms. The van der Waals surface area contributed by atoms with Crippen molar-refractivity contribution in [3.63, 3.8) is 0 Å². The van der Waals surface area contributed by atoms with E-state index in [2.05, 4.69) is 11.8 Å². The molecule has 3 rings (SSSR count). The van der Waals surface area contributed by atoms with Crippen LogP contribution in [0.15, 0.2) is 48.5 Å². The van der Waals surface area contributed by atoms with Crippen molar-refractivity contribution in [1.29, 1.82) is 0 Å². The lowest BCUT2D eigenvalue weighted by Gasteiger charge is -2.13. The van der Waals surface area contributed by atoms with E-state index in [9.17, 15) is 23.5 Å². The maximum Gasteiger partial charge on any atom is 0.416 e. The molecule has 2 aromatic rings. The highest BCUT2D eigenvalue weighted by atomic mass is 19.4. The second-order valence-electron chi connectivity index (χ2n) is 6.58. The monoisotopic (exact) mass is 373 g/mol. The van der Waals surface area contributed by atoms with Gasteiger partial charge < -0.3 is 10.3 Å². The highest BCUT2D eigenvalue weighted by Gasteiger charge is 2.30. The van der Waals surface area contributed by atoms with Crippen molar-refractivity contribution >= 4 is 11.9 Å². The molecular formula is C21H18F3NO2. The summed E-state index contributed by atoms with van der Waals surface area (Å²) in [6, 6.07) is 10.9. The van der Waals surface area contributed by atoms with E-state index in [1.54, 1.807) is 24.3 Å². The summed E-state index contributed by atoms with van der Waals surface area (Å²) in [6.07, 6.45) is -0.0530. The highest BCUT2D eigenvalue weighted by Crippen LogP contribution is 2.30. The molecule has 3 nitrogen and oxygen atoms in total. The summed E-state index contributed by atoms with van der Waals surface area (Å²) in [5, 5.41) is 22.7. The second kappa shape index (κ2) is 7.45. The van der Waals surface area contributed by atoms with Crippen LogP contribution in [0.2, 0.25) is 0 Å². The fourth-order valence-corrected chi connectivity index (χ4v) is 2.99. The van der Waals surface area contributed by atoms with Gasteiger partial charge >= 0.3 is 6.18 Å². The summed E-state index contributed by atoms with van der Waals surface area (Å²) in [6.45, 7) is 0. The third kappa shape index (κ3) is 4.69. The van der Waals surface area contributed by atoms with Crippen molar-refractivity contribution in [3.8, 4) is 11.8 Å². The molecule has 6 heteroatoms. The molecule has 0 spiro atoms. The van der Waals surface area contributed by atoms with Gasteiger partial charge in [0.25, 0.3) is 0 Å². The van der Waals surface area contributed by atoms with E-state index in [1.165, 1.54) is 6.21 Å². The number of benzene rings is 2. The number of alkyl halides is 3. The van der Waals surface area contributed by atoms with Gasteiger partial charge in [0.15, 0.2) is 6.21 Å². The van der Waals surface area contributed by atoms with Crippen LogP contribution in [-0.4, -0.2) is 21.7 Å². The third-order valence-corrected chi connectivity index (χ3v) is 4.53. The van der Waals surface area contributed by atoms with Crippen molar-refractivity contribution in [2.45, 2.75) is 37.5 Å². The minimum absolute atomic E-state index is 0.0835. The van der Waals surface area contributed by atoms with E-state index in [0.29, 0.717) is 28.7 Å². The fraction of sp³-hybridized carbons (Fsp3) is 0.286. The molecule has 0 heterocycles. The largest absolute Gasteiger partial charge is 0.618 e. The zero-order valence-electron chi connectivity index (χ0n) is 14.5. The van der Waals surface area contributed by atoms with Crippen molar-refractivity contribution in [2.24, 2.45) is 0 Å². The van der Waals surface area contributed by atoms with Gasteiger partial charge in [-0.2, -0.15) is 17.9 Å². The Kier molecular flexibility index (Phi) is 5.24. The van der Waals surface area contributed by atoms with E-state index in [4.69, 9.17) is 0 Å². The van der Waals surface area contributed by atoms with Crippen LogP contribution in [0.3, 0.4) is 0 Å². The first-order chi connectivity index (χ1) is 12.8. The van der Waals surface area contributed by atoms with Crippen LogP contribution in [0.5, 0.6) is 0 Å². The summed E-state index contributed by atoms with van der Waals surface area (Å²) in [4.78, 5) is 0. The normalized spacial score (nSPS) is 16.7. The second-order valence-corrected chi connectivity index (χ2v) is 6.58. The average molecular weight is 373 g/mol. The molecule has 1 N–H and O–H groups in total. The molecule has 27 heavy (non-hydrogen) atoms. The van der Waals surface area contributed by atoms with Gasteiger partial charge in [-0.15, -0.1) is 0 Å². The summed E-state index contributed by atoms with van der Waals surface area (Å²) >= 11 is 0. The molecule has 140 valence electrons. The van der Waals surface area contributed by atoms with Gasteiger partial charge in [-0.25, -0.2) is 0 Å². The minimum atomic E-state index is -4.45. The lowest BCUT2D eigenvalue weighted by Crippen LogP contribution is -2.20. The number of hydrogen-bond acceptors (Lipinski definition) is 2. The third-order valence-electron chi connectivity index (χ3n) is 4.53. The number of halogens is 3. The van der Waals surface area contributed by atoms with Gasteiger partial charge in [0.2, 0.25) is 5.69 Å². The van der Waals surface area contributed by atoms with Gasteiger partial charge in [-0.05, 0) is 49.9 Å². The van der Waals surface area contributed by atoms with Crippen LogP contribution in [0, 0.1) is 17.0 Å². The Hall–Kier alpha value is -2.78. The summed E-state index contributed by atoms with van der Waals surface area (Å²) in [5.41, 5.74) is -0.611. The van der Waals surface area contributed by atoms with Crippen LogP contribution >= 0.6 is 0 Å². The summed E-state index contributed by atoms with van der Waals surface area (Å²) < 4.78 is 38.4. The predicted molar refractivity (Wildman–Crippen MR) is 96.6 cm³/mol. The van der Waals surface area contributed by atoms with Gasteiger partial charge in [-0.3, -0.25) is 0 Å². The van der Waals surface area contributed by atoms with Crippen molar-refractivity contribution in [1.82, 2.24) is 0 Å². The molecule has 1 aliphatic rings. The molecule has 0 atom stereocenters. The van der Waals surface area contributed by atoms with E-state index < -0.39 is 17.3 Å². The van der Waals surface area contributed by atoms with Crippen molar-refractivity contribution < 1.29 is 23.0 Å². The topological polar surface area (TPSA) is 46.3 Å². The molecule has 0 saturated heterocycles. The standard InChI is InChI=1S/C21H18F3NO2/c22-21(23,24)18-7-9-19(10-8-18)25(27)15-17-6-2-1-5-16(17)11-14-20(26)12-3-4-13-20/h1-2,5-10,15,26H,3-4,12-13H2/b25-15-. The molecule has 1 fully saturated rings. The van der Waals surface area contributed by atoms with Crippen LogP contribution in [0.4, 0.5) is 18.9 Å². The number of rotatable bonds is 2. The zero-order chi connectivity index (χ0) is 19.5. The molecule has 1 saturated carbocycles. The molecule has 0 radical (unpaired) electrons. The first-order valence-corrected chi connectivity index (χ1v) is 8.60. The first-order valence-electron chi connectivity index (χ1n) is 8.60. The molecule has 2 aromatic carbocycles. The van der Waals surface area contributed by atoms with Crippen LogP contribution in [0.25, 0.3) is 0 Å². The number of aliphatic hydroxyl groups is 1. The summed E-state index contributed by atoms with van der Waals surface area (Å²) in [7, 11) is 0. The number of hydrogen-bond donors (Lipinski definition) is 1. The maximum atomic E-state index is 12.6. The quantitative estimate of drug-likeness (QED) is 0.274. The Morgan fingerprint density at radius 3 is 2.30 bits per heavy atom. The molecule has 0 aliphatic heterocycles. The maximum absolute atomic E-state index is 12.6. The van der Waals surface area contributed by atoms with Gasteiger partial charge in [0, 0.05) is 17.7 Å². The van der Waals surface area contributed by atoms with Crippen molar-refractivity contribution in [2.75, 3.05) is 0 Å². The van der Waals surface area contributed by atoms with E-state index >= 15 is 0 Å². The molecular weight excluding hydrogens is 355 g/mol. The Bertz CT molecular complexity index is 900. The SMILES string of the molecule is [O-]/[N+](=C\c1ccccc1C#CC1(O)CCCC1)c1ccc(C(F)(F)F)cc1. The Balaban J connectivity index is 1.88. The highest BCUT2D eigenvalue weighted by molar-refractivity contribution is 5.81.